The van der Waals surface area contributed by atoms with Gasteiger partial charge in [0.1, 0.15) is 11.6 Å². The van der Waals surface area contributed by atoms with E-state index in [1.807, 2.05) is 0 Å². The lowest BCUT2D eigenvalue weighted by molar-refractivity contribution is -0.212. The van der Waals surface area contributed by atoms with E-state index < -0.39 is 21.6 Å². The molecule has 5 heterocycles. The van der Waals surface area contributed by atoms with Gasteiger partial charge < -0.3 is 15.3 Å². The molecule has 2 N–H and O–H groups in total. The summed E-state index contributed by atoms with van der Waals surface area (Å²) in [6, 6.07) is 3.41. The number of piperidine rings is 1. The van der Waals surface area contributed by atoms with Gasteiger partial charge in [-0.05, 0) is 31.2 Å². The quantitative estimate of drug-likeness (QED) is 0.300. The highest BCUT2D eigenvalue weighted by Gasteiger charge is 2.59. The Morgan fingerprint density at radius 1 is 1.09 bits per heavy atom. The predicted molar refractivity (Wildman–Crippen MR) is 147 cm³/mol. The van der Waals surface area contributed by atoms with E-state index in [1.54, 1.807) is 12.1 Å². The Labute approximate surface area is 243 Å². The maximum absolute atomic E-state index is 12.9. The minimum absolute atomic E-state index is 0.0737. The van der Waals surface area contributed by atoms with E-state index >= 15 is 0 Å². The number of aliphatic hydroxyl groups is 1. The topological polar surface area (TPSA) is 144 Å². The van der Waals surface area contributed by atoms with Crippen LogP contribution in [0.25, 0.3) is 11.4 Å². The van der Waals surface area contributed by atoms with Crippen molar-refractivity contribution in [1.29, 1.82) is 0 Å². The number of aliphatic hydroxyl groups excluding tert-OH is 1. The number of nitrogens with one attached hydrogen (secondary N) is 1. The molecule has 1 aliphatic heterocycles. The van der Waals surface area contributed by atoms with Gasteiger partial charge in [0.2, 0.25) is 0 Å². The van der Waals surface area contributed by atoms with Crippen LogP contribution in [0.1, 0.15) is 30.4 Å². The van der Waals surface area contributed by atoms with Crippen molar-refractivity contribution in [2.75, 3.05) is 29.9 Å². The summed E-state index contributed by atoms with van der Waals surface area (Å²) in [6.45, 7) is 1.39. The number of halogens is 3. The molecule has 222 valence electrons. The van der Waals surface area contributed by atoms with Crippen molar-refractivity contribution in [3.63, 3.8) is 0 Å². The van der Waals surface area contributed by atoms with Gasteiger partial charge in [0.05, 0.1) is 52.8 Å². The Morgan fingerprint density at radius 2 is 1.93 bits per heavy atom. The molecule has 0 radical (unpaired) electrons. The van der Waals surface area contributed by atoms with Crippen LogP contribution in [0.4, 0.5) is 30.5 Å². The Morgan fingerprint density at radius 3 is 2.65 bits per heavy atom. The molecule has 0 aromatic carbocycles. The van der Waals surface area contributed by atoms with E-state index in [-0.39, 0.29) is 28.1 Å². The number of fused-ring (bicyclic) bond motifs is 1. The molecule has 2 saturated carbocycles. The van der Waals surface area contributed by atoms with Crippen LogP contribution in [-0.2, 0) is 16.3 Å². The summed E-state index contributed by atoms with van der Waals surface area (Å²) < 4.78 is 64.7. The number of alkyl halides is 3. The summed E-state index contributed by atoms with van der Waals surface area (Å²) in [5.41, 5.74) is 1.60. The van der Waals surface area contributed by atoms with Crippen LogP contribution < -0.4 is 10.2 Å². The lowest BCUT2D eigenvalue weighted by atomic mass is 10.1. The zero-order chi connectivity index (χ0) is 30.0. The van der Waals surface area contributed by atoms with Gasteiger partial charge in [0.25, 0.3) is 10.0 Å². The molecule has 12 nitrogen and oxygen atoms in total. The molecule has 16 heteroatoms. The van der Waals surface area contributed by atoms with E-state index in [1.165, 1.54) is 24.8 Å². The highest BCUT2D eigenvalue weighted by Crippen LogP contribution is 2.58. The van der Waals surface area contributed by atoms with Crippen molar-refractivity contribution < 1.29 is 26.7 Å². The molecule has 0 unspecified atom stereocenters. The third-order valence-corrected chi connectivity index (χ3v) is 10.00. The second-order valence-electron chi connectivity index (χ2n) is 11.0. The normalized spacial score (nSPS) is 21.3. The summed E-state index contributed by atoms with van der Waals surface area (Å²) in [6.07, 6.45) is 5.26. The molecule has 2 atom stereocenters. The van der Waals surface area contributed by atoms with Gasteiger partial charge in [0, 0.05) is 43.2 Å². The van der Waals surface area contributed by atoms with Crippen molar-refractivity contribution in [3.8, 4) is 23.2 Å². The minimum Gasteiger partial charge on any atom is -0.396 e. The van der Waals surface area contributed by atoms with E-state index in [4.69, 9.17) is 0 Å². The molecule has 43 heavy (non-hydrogen) atoms. The van der Waals surface area contributed by atoms with E-state index in [0.717, 1.165) is 22.9 Å². The van der Waals surface area contributed by atoms with E-state index in [0.29, 0.717) is 60.3 Å². The average molecular weight is 612 g/mol. The van der Waals surface area contributed by atoms with Gasteiger partial charge in [-0.2, -0.15) is 19.0 Å². The smallest absolute Gasteiger partial charge is 0.396 e. The lowest BCUT2D eigenvalue weighted by Crippen LogP contribution is -2.26. The number of nitrogens with zero attached hydrogens (tertiary/aromatic N) is 8. The predicted octanol–water partition coefficient (Wildman–Crippen LogP) is 2.71. The van der Waals surface area contributed by atoms with Gasteiger partial charge in [0.15, 0.2) is 5.82 Å². The first kappa shape index (κ1) is 27.3. The van der Waals surface area contributed by atoms with E-state index in [2.05, 4.69) is 47.2 Å². The Balaban J connectivity index is 1.16. The van der Waals surface area contributed by atoms with Crippen LogP contribution in [0, 0.1) is 23.2 Å². The molecule has 0 spiro atoms. The Kier molecular flexibility index (Phi) is 6.22. The van der Waals surface area contributed by atoms with E-state index in [9.17, 15) is 26.7 Å². The van der Waals surface area contributed by atoms with Crippen LogP contribution in [0.2, 0.25) is 0 Å². The van der Waals surface area contributed by atoms with Gasteiger partial charge >= 0.3 is 6.30 Å². The molecular weight excluding hydrogens is 587 g/mol. The summed E-state index contributed by atoms with van der Waals surface area (Å²) >= 11 is 0. The lowest BCUT2D eigenvalue weighted by Gasteiger charge is -2.24. The monoisotopic (exact) mass is 611 g/mol. The molecule has 3 aliphatic rings. The van der Waals surface area contributed by atoms with Crippen molar-refractivity contribution in [2.24, 2.45) is 11.3 Å². The van der Waals surface area contributed by atoms with Crippen molar-refractivity contribution in [1.82, 2.24) is 33.9 Å². The van der Waals surface area contributed by atoms with Crippen LogP contribution in [0.5, 0.6) is 0 Å². The van der Waals surface area contributed by atoms with Crippen molar-refractivity contribution >= 4 is 27.3 Å². The maximum atomic E-state index is 12.9. The third-order valence-electron chi connectivity index (χ3n) is 7.96. The molecule has 7 rings (SSSR count). The van der Waals surface area contributed by atoms with Crippen LogP contribution in [0.3, 0.4) is 0 Å². The highest BCUT2D eigenvalue weighted by atomic mass is 32.2. The minimum atomic E-state index is -4.63. The molecule has 0 amide bonds. The molecule has 3 fully saturated rings. The summed E-state index contributed by atoms with van der Waals surface area (Å²) in [5, 5.41) is 20.0. The van der Waals surface area contributed by atoms with Crippen LogP contribution in [-0.4, -0.2) is 72.4 Å². The number of aromatic nitrogens is 7. The van der Waals surface area contributed by atoms with Gasteiger partial charge in [-0.15, -0.1) is 13.2 Å². The van der Waals surface area contributed by atoms with Crippen LogP contribution in [0.15, 0.2) is 49.3 Å². The summed E-state index contributed by atoms with van der Waals surface area (Å²) in [4.78, 5) is 15.3. The molecule has 4 aromatic heterocycles. The van der Waals surface area contributed by atoms with Gasteiger partial charge in [-0.1, -0.05) is 11.8 Å². The molecular formula is C27H24F3N9O3S. The molecule has 1 saturated heterocycles. The summed E-state index contributed by atoms with van der Waals surface area (Å²) in [7, 11) is -3.53. The highest BCUT2D eigenvalue weighted by molar-refractivity contribution is 7.90. The first-order valence-corrected chi connectivity index (χ1v) is 14.9. The third kappa shape index (κ3) is 5.19. The SMILES string of the molecule is O=S(=O)(C1CC1)n1cc(-c2nccc(Nc3cc(N4C[C@H]5C[C@@]5(CO)C4)c(C#Cc4cnn(C(F)(F)F)c4)cn3)n2)cn1. The first-order chi connectivity index (χ1) is 20.5. The zero-order valence-corrected chi connectivity index (χ0v) is 23.2. The second kappa shape index (κ2) is 9.78. The van der Waals surface area contributed by atoms with Crippen molar-refractivity contribution in [3.05, 3.63) is 60.4 Å². The number of anilines is 3. The zero-order valence-electron chi connectivity index (χ0n) is 22.4. The standard InChI is InChI=1S/C27H24F3N9O3S/c28-27(29,30)38-12-17(9-33-38)1-2-18-10-32-24(7-22(18)37-14-20-8-26(20,15-37)16-40)35-23-5-6-31-25(36-23)19-11-34-39(13-19)43(41,42)21-3-4-21/h5-7,9-13,20-21,40H,3-4,8,14-16H2,(H,31,32,35,36)/t20-,26+/m1/s1. The largest absolute Gasteiger partial charge is 0.504 e. The first-order valence-electron chi connectivity index (χ1n) is 13.4. The Hall–Kier alpha value is -4.49. The Bertz CT molecular complexity index is 1890. The van der Waals surface area contributed by atoms with Gasteiger partial charge in [-0.25, -0.2) is 23.4 Å². The fraction of sp³-hybridized carbons (Fsp3) is 0.370. The number of pyridine rings is 1. The number of hydrogen-bond donors (Lipinski definition) is 2. The maximum Gasteiger partial charge on any atom is 0.504 e. The molecule has 0 bridgehead atoms. The summed E-state index contributed by atoms with van der Waals surface area (Å²) in [5.74, 6) is 7.12. The average Bonchev–Trinajstić information content (AvgIpc) is 3.76. The fourth-order valence-electron chi connectivity index (χ4n) is 5.33. The number of rotatable bonds is 7. The van der Waals surface area contributed by atoms with Crippen molar-refractivity contribution in [2.45, 2.75) is 30.8 Å². The molecule has 4 aromatic rings. The molecule has 2 aliphatic carbocycles. The van der Waals surface area contributed by atoms with Gasteiger partial charge in [-0.3, -0.25) is 0 Å². The number of hydrogen-bond acceptors (Lipinski definition) is 10. The second-order valence-corrected chi connectivity index (χ2v) is 13.1. The van der Waals surface area contributed by atoms with Crippen LogP contribution >= 0.6 is 0 Å². The fourth-order valence-corrected chi connectivity index (χ4v) is 6.81.